The molecule has 2 N–H and O–H groups in total. The highest BCUT2D eigenvalue weighted by Gasteiger charge is 2.27. The quantitative estimate of drug-likeness (QED) is 0.687. The molecule has 0 aliphatic heterocycles. The van der Waals surface area contributed by atoms with E-state index in [1.807, 2.05) is 20.8 Å². The molecule has 6 heteroatoms. The molecular weight excluding hydrogens is 250 g/mol. The van der Waals surface area contributed by atoms with Gasteiger partial charge in [0.25, 0.3) is 0 Å². The number of aliphatic hydroxyl groups is 1. The van der Waals surface area contributed by atoms with E-state index in [4.69, 9.17) is 16.7 Å². The van der Waals surface area contributed by atoms with Crippen LogP contribution in [0.2, 0.25) is 0 Å². The van der Waals surface area contributed by atoms with Gasteiger partial charge in [-0.15, -0.1) is 11.6 Å². The zero-order valence-corrected chi connectivity index (χ0v) is 11.7. The van der Waals surface area contributed by atoms with Gasteiger partial charge in [0.2, 0.25) is 10.0 Å². The molecule has 98 valence electrons. The summed E-state index contributed by atoms with van der Waals surface area (Å²) in [6, 6.07) is -0.252. The van der Waals surface area contributed by atoms with Gasteiger partial charge in [0.1, 0.15) is 0 Å². The Balaban J connectivity index is 4.50. The first-order valence-corrected chi connectivity index (χ1v) is 7.58. The van der Waals surface area contributed by atoms with Crippen LogP contribution in [0.4, 0.5) is 0 Å². The van der Waals surface area contributed by atoms with Crippen molar-refractivity contribution in [1.29, 1.82) is 0 Å². The number of halogens is 1. The summed E-state index contributed by atoms with van der Waals surface area (Å²) in [5.41, 5.74) is -0.212. The number of rotatable bonds is 7. The number of alkyl halides is 1. The second-order valence-electron chi connectivity index (χ2n) is 4.91. The molecule has 16 heavy (non-hydrogen) atoms. The van der Waals surface area contributed by atoms with Gasteiger partial charge >= 0.3 is 0 Å². The Bertz CT molecular complexity index is 285. The lowest BCUT2D eigenvalue weighted by Gasteiger charge is -2.30. The zero-order valence-electron chi connectivity index (χ0n) is 10.2. The molecule has 0 aliphatic rings. The minimum absolute atomic E-state index is 0.0278. The van der Waals surface area contributed by atoms with Gasteiger partial charge in [-0.05, 0) is 18.3 Å². The van der Waals surface area contributed by atoms with E-state index < -0.39 is 10.0 Å². The maximum Gasteiger partial charge on any atom is 0.211 e. The molecule has 0 rings (SSSR count). The molecule has 0 bridgehead atoms. The van der Waals surface area contributed by atoms with Crippen LogP contribution in [0.15, 0.2) is 0 Å². The van der Waals surface area contributed by atoms with E-state index in [0.29, 0.717) is 18.7 Å². The Morgan fingerprint density at radius 2 is 1.94 bits per heavy atom. The largest absolute Gasteiger partial charge is 0.396 e. The van der Waals surface area contributed by atoms with Crippen LogP contribution in [0.3, 0.4) is 0 Å². The second-order valence-corrected chi connectivity index (χ2v) is 7.16. The molecule has 0 aromatic carbocycles. The van der Waals surface area contributed by atoms with Crippen molar-refractivity contribution in [2.75, 3.05) is 18.2 Å². The van der Waals surface area contributed by atoms with Crippen molar-refractivity contribution in [1.82, 2.24) is 4.72 Å². The van der Waals surface area contributed by atoms with Gasteiger partial charge in [-0.1, -0.05) is 20.8 Å². The maximum absolute atomic E-state index is 11.7. The normalized spacial score (nSPS) is 15.1. The van der Waals surface area contributed by atoms with Gasteiger partial charge in [-0.3, -0.25) is 0 Å². The Labute approximate surface area is 103 Å². The summed E-state index contributed by atoms with van der Waals surface area (Å²) in [7, 11) is -3.29. The summed E-state index contributed by atoms with van der Waals surface area (Å²) in [4.78, 5) is 0. The Morgan fingerprint density at radius 1 is 1.38 bits per heavy atom. The van der Waals surface area contributed by atoms with Gasteiger partial charge in [0.15, 0.2) is 0 Å². The van der Waals surface area contributed by atoms with Crippen molar-refractivity contribution in [3.63, 3.8) is 0 Å². The average Bonchev–Trinajstić information content (AvgIpc) is 2.12. The third kappa shape index (κ3) is 6.68. The Hall–Kier alpha value is 0.160. The highest BCUT2D eigenvalue weighted by Crippen LogP contribution is 2.22. The van der Waals surface area contributed by atoms with Gasteiger partial charge < -0.3 is 5.11 Å². The third-order valence-electron chi connectivity index (χ3n) is 2.33. The van der Waals surface area contributed by atoms with Gasteiger partial charge in [0, 0.05) is 18.5 Å². The molecule has 0 saturated carbocycles. The van der Waals surface area contributed by atoms with Crippen LogP contribution in [0.1, 0.15) is 33.6 Å². The zero-order chi connectivity index (χ0) is 12.8. The topological polar surface area (TPSA) is 66.4 Å². The highest BCUT2D eigenvalue weighted by atomic mass is 35.5. The predicted molar refractivity (Wildman–Crippen MR) is 67.2 cm³/mol. The molecule has 0 aromatic heterocycles. The van der Waals surface area contributed by atoms with Crippen molar-refractivity contribution < 1.29 is 13.5 Å². The molecular formula is C10H22ClNO3S. The first kappa shape index (κ1) is 16.2. The lowest BCUT2D eigenvalue weighted by Crippen LogP contribution is -2.45. The van der Waals surface area contributed by atoms with Crippen molar-refractivity contribution in [2.24, 2.45) is 5.41 Å². The second kappa shape index (κ2) is 6.79. The first-order chi connectivity index (χ1) is 7.23. The fourth-order valence-corrected chi connectivity index (χ4v) is 3.16. The van der Waals surface area contributed by atoms with Gasteiger partial charge in [-0.25, -0.2) is 13.1 Å². The molecule has 0 fully saturated rings. The van der Waals surface area contributed by atoms with Crippen LogP contribution < -0.4 is 4.72 Å². The predicted octanol–water partition coefficient (Wildman–Crippen LogP) is 1.33. The first-order valence-electron chi connectivity index (χ1n) is 5.40. The fraction of sp³-hybridized carbons (Fsp3) is 1.00. The molecule has 0 heterocycles. The van der Waals surface area contributed by atoms with Crippen molar-refractivity contribution in [3.05, 3.63) is 0 Å². The molecule has 0 amide bonds. The smallest absolute Gasteiger partial charge is 0.211 e. The number of nitrogens with one attached hydrogen (secondary N) is 1. The summed E-state index contributed by atoms with van der Waals surface area (Å²) in [6.07, 6.45) is 0.858. The van der Waals surface area contributed by atoms with E-state index in [1.54, 1.807) is 0 Å². The maximum atomic E-state index is 11.7. The van der Waals surface area contributed by atoms with Crippen LogP contribution in [0.5, 0.6) is 0 Å². The highest BCUT2D eigenvalue weighted by molar-refractivity contribution is 7.89. The summed E-state index contributed by atoms with van der Waals surface area (Å²) >= 11 is 5.46. The minimum Gasteiger partial charge on any atom is -0.396 e. The number of hydrogen-bond donors (Lipinski definition) is 2. The summed E-state index contributed by atoms with van der Waals surface area (Å²) in [5.74, 6) is 0.371. The molecule has 0 spiro atoms. The molecule has 0 radical (unpaired) electrons. The van der Waals surface area contributed by atoms with E-state index in [-0.39, 0.29) is 23.8 Å². The summed E-state index contributed by atoms with van der Waals surface area (Å²) < 4.78 is 26.0. The van der Waals surface area contributed by atoms with Crippen LogP contribution >= 0.6 is 11.6 Å². The summed E-state index contributed by atoms with van der Waals surface area (Å²) in [5, 5.41) is 8.92. The van der Waals surface area contributed by atoms with Crippen LogP contribution in [-0.2, 0) is 10.0 Å². The summed E-state index contributed by atoms with van der Waals surface area (Å²) in [6.45, 7) is 5.80. The van der Waals surface area contributed by atoms with E-state index in [1.165, 1.54) is 0 Å². The van der Waals surface area contributed by atoms with Crippen molar-refractivity contribution >= 4 is 21.6 Å². The van der Waals surface area contributed by atoms with Crippen molar-refractivity contribution in [3.8, 4) is 0 Å². The van der Waals surface area contributed by atoms with E-state index >= 15 is 0 Å². The molecule has 0 saturated heterocycles. The lowest BCUT2D eigenvalue weighted by atomic mass is 9.86. The standard InChI is InChI=1S/C10H22ClNO3S/c1-10(2,3)9(5-7-13)12-16(14,15)8-4-6-11/h9,12-13H,4-8H2,1-3H3. The third-order valence-corrected chi connectivity index (χ3v) is 4.07. The Morgan fingerprint density at radius 3 is 2.31 bits per heavy atom. The lowest BCUT2D eigenvalue weighted by molar-refractivity contribution is 0.214. The molecule has 0 aliphatic carbocycles. The van der Waals surface area contributed by atoms with Gasteiger partial charge in [-0.2, -0.15) is 0 Å². The number of aliphatic hydroxyl groups excluding tert-OH is 1. The van der Waals surface area contributed by atoms with Crippen LogP contribution in [0, 0.1) is 5.41 Å². The molecule has 0 aromatic rings. The average molecular weight is 272 g/mol. The molecule has 1 unspecified atom stereocenters. The van der Waals surface area contributed by atoms with E-state index in [2.05, 4.69) is 4.72 Å². The number of sulfonamides is 1. The van der Waals surface area contributed by atoms with Crippen LogP contribution in [0.25, 0.3) is 0 Å². The SMILES string of the molecule is CC(C)(C)C(CCO)NS(=O)(=O)CCCCl. The molecule has 1 atom stereocenters. The minimum atomic E-state index is -3.29. The monoisotopic (exact) mass is 271 g/mol. The van der Waals surface area contributed by atoms with E-state index in [9.17, 15) is 8.42 Å². The molecule has 4 nitrogen and oxygen atoms in total. The van der Waals surface area contributed by atoms with Crippen molar-refractivity contribution in [2.45, 2.75) is 39.7 Å². The van der Waals surface area contributed by atoms with Gasteiger partial charge in [0.05, 0.1) is 5.75 Å². The fourth-order valence-electron chi connectivity index (χ4n) is 1.32. The van der Waals surface area contributed by atoms with E-state index in [0.717, 1.165) is 0 Å². The Kier molecular flexibility index (Phi) is 6.86. The number of hydrogen-bond acceptors (Lipinski definition) is 3. The van der Waals surface area contributed by atoms with Crippen LogP contribution in [-0.4, -0.2) is 37.8 Å².